The molecule has 1 saturated heterocycles. The quantitative estimate of drug-likeness (QED) is 0.782. The molecule has 0 aliphatic carbocycles. The second-order valence-corrected chi connectivity index (χ2v) is 4.45. The highest BCUT2D eigenvalue weighted by atomic mass is 35.5. The first-order valence-electron chi connectivity index (χ1n) is 4.79. The van der Waals surface area contributed by atoms with Crippen LogP contribution in [-0.2, 0) is 4.79 Å². The monoisotopic (exact) mass is 217 g/mol. The Bertz CT molecular complexity index is 255. The Hall–Kier alpha value is -0.540. The van der Waals surface area contributed by atoms with E-state index in [2.05, 4.69) is 6.58 Å². The Balaban J connectivity index is 2.61. The van der Waals surface area contributed by atoms with Crippen LogP contribution in [-0.4, -0.2) is 35.6 Å². The van der Waals surface area contributed by atoms with Crippen LogP contribution in [0.1, 0.15) is 19.8 Å². The van der Waals surface area contributed by atoms with Gasteiger partial charge in [-0.25, -0.2) is 0 Å². The van der Waals surface area contributed by atoms with E-state index in [4.69, 9.17) is 16.7 Å². The predicted molar refractivity (Wildman–Crippen MR) is 56.4 cm³/mol. The average Bonchev–Trinajstić information content (AvgIpc) is 2.48. The number of hydrogen-bond donors (Lipinski definition) is 1. The van der Waals surface area contributed by atoms with Gasteiger partial charge in [-0.05, 0) is 19.4 Å². The van der Waals surface area contributed by atoms with E-state index in [-0.39, 0.29) is 0 Å². The molecule has 1 unspecified atom stereocenters. The smallest absolute Gasteiger partial charge is 0.310 e. The number of carboxylic acid groups (broad SMARTS) is 1. The Kier molecular flexibility index (Phi) is 3.56. The first-order chi connectivity index (χ1) is 6.50. The Morgan fingerprint density at radius 2 is 2.36 bits per heavy atom. The highest BCUT2D eigenvalue weighted by molar-refractivity contribution is 6.29. The summed E-state index contributed by atoms with van der Waals surface area (Å²) >= 11 is 5.69. The van der Waals surface area contributed by atoms with Crippen LogP contribution < -0.4 is 0 Å². The molecule has 0 aromatic rings. The van der Waals surface area contributed by atoms with Crippen molar-refractivity contribution in [2.75, 3.05) is 19.6 Å². The van der Waals surface area contributed by atoms with Crippen LogP contribution in [0.2, 0.25) is 0 Å². The zero-order valence-electron chi connectivity index (χ0n) is 8.42. The van der Waals surface area contributed by atoms with Crippen LogP contribution >= 0.6 is 11.6 Å². The Morgan fingerprint density at radius 3 is 2.71 bits per heavy atom. The number of carbonyl (C=O) groups is 1. The summed E-state index contributed by atoms with van der Waals surface area (Å²) in [6.45, 7) is 7.52. The van der Waals surface area contributed by atoms with Crippen molar-refractivity contribution in [1.82, 2.24) is 4.90 Å². The van der Waals surface area contributed by atoms with Crippen LogP contribution in [0.3, 0.4) is 0 Å². The van der Waals surface area contributed by atoms with E-state index >= 15 is 0 Å². The molecule has 0 radical (unpaired) electrons. The molecule has 0 bridgehead atoms. The van der Waals surface area contributed by atoms with E-state index in [0.717, 1.165) is 6.54 Å². The minimum absolute atomic E-state index is 0.563. The minimum Gasteiger partial charge on any atom is -0.481 e. The van der Waals surface area contributed by atoms with Gasteiger partial charge in [-0.15, -0.1) is 0 Å². The van der Waals surface area contributed by atoms with Gasteiger partial charge in [-0.1, -0.05) is 25.1 Å². The molecule has 4 heteroatoms. The first-order valence-corrected chi connectivity index (χ1v) is 5.17. The Labute approximate surface area is 89.3 Å². The lowest BCUT2D eigenvalue weighted by molar-refractivity contribution is -0.148. The lowest BCUT2D eigenvalue weighted by Gasteiger charge is -2.22. The van der Waals surface area contributed by atoms with Crippen molar-refractivity contribution in [3.8, 4) is 0 Å². The van der Waals surface area contributed by atoms with Gasteiger partial charge in [-0.3, -0.25) is 9.69 Å². The summed E-state index contributed by atoms with van der Waals surface area (Å²) < 4.78 is 0. The fourth-order valence-corrected chi connectivity index (χ4v) is 2.12. The number of hydrogen-bond acceptors (Lipinski definition) is 2. The van der Waals surface area contributed by atoms with Crippen molar-refractivity contribution in [2.24, 2.45) is 5.41 Å². The molecule has 1 fully saturated rings. The van der Waals surface area contributed by atoms with Crippen molar-refractivity contribution in [3.05, 3.63) is 11.6 Å². The molecule has 14 heavy (non-hydrogen) atoms. The van der Waals surface area contributed by atoms with E-state index in [9.17, 15) is 4.79 Å². The van der Waals surface area contributed by atoms with Crippen molar-refractivity contribution in [1.29, 1.82) is 0 Å². The molecule has 1 atom stereocenters. The summed E-state index contributed by atoms with van der Waals surface area (Å²) in [5.74, 6) is -0.692. The number of carboxylic acids is 1. The summed E-state index contributed by atoms with van der Waals surface area (Å²) in [7, 11) is 0. The topological polar surface area (TPSA) is 40.5 Å². The molecule has 0 aromatic heterocycles. The normalized spacial score (nSPS) is 27.9. The maximum absolute atomic E-state index is 11.1. The van der Waals surface area contributed by atoms with Gasteiger partial charge in [0.25, 0.3) is 0 Å². The Morgan fingerprint density at radius 1 is 1.71 bits per heavy atom. The predicted octanol–water partition coefficient (Wildman–Crippen LogP) is 1.93. The molecule has 80 valence electrons. The van der Waals surface area contributed by atoms with Gasteiger partial charge in [0, 0.05) is 18.1 Å². The zero-order chi connectivity index (χ0) is 10.8. The molecule has 1 rings (SSSR count). The summed E-state index contributed by atoms with van der Waals surface area (Å²) in [4.78, 5) is 13.2. The van der Waals surface area contributed by atoms with Crippen LogP contribution in [0.5, 0.6) is 0 Å². The standard InChI is InChI=1S/C10H16ClNO2/c1-3-10(9(13)14)4-5-12(7-10)6-8(2)11/h2-7H2,1H3,(H,13,14). The van der Waals surface area contributed by atoms with Crippen LogP contribution in [0.4, 0.5) is 0 Å². The van der Waals surface area contributed by atoms with Crippen LogP contribution in [0, 0.1) is 5.41 Å². The molecule has 3 nitrogen and oxygen atoms in total. The fraction of sp³-hybridized carbons (Fsp3) is 0.700. The third kappa shape index (κ3) is 2.28. The van der Waals surface area contributed by atoms with Gasteiger partial charge in [-0.2, -0.15) is 0 Å². The SMILES string of the molecule is C=C(Cl)CN1CCC(CC)(C(=O)O)C1. The molecule has 0 aromatic carbocycles. The van der Waals surface area contributed by atoms with Crippen molar-refractivity contribution < 1.29 is 9.90 Å². The van der Waals surface area contributed by atoms with E-state index in [0.29, 0.717) is 31.0 Å². The van der Waals surface area contributed by atoms with Gasteiger partial charge in [0.2, 0.25) is 0 Å². The third-order valence-corrected chi connectivity index (χ3v) is 3.08. The van der Waals surface area contributed by atoms with E-state index < -0.39 is 11.4 Å². The van der Waals surface area contributed by atoms with Gasteiger partial charge in [0.1, 0.15) is 0 Å². The van der Waals surface area contributed by atoms with Gasteiger partial charge in [0.05, 0.1) is 5.41 Å². The molecular weight excluding hydrogens is 202 g/mol. The lowest BCUT2D eigenvalue weighted by Crippen LogP contribution is -2.34. The maximum Gasteiger partial charge on any atom is 0.310 e. The average molecular weight is 218 g/mol. The largest absolute Gasteiger partial charge is 0.481 e. The van der Waals surface area contributed by atoms with Crippen LogP contribution in [0.15, 0.2) is 11.6 Å². The second kappa shape index (κ2) is 4.32. The number of halogens is 1. The van der Waals surface area contributed by atoms with Gasteiger partial charge in [0.15, 0.2) is 0 Å². The molecule has 0 saturated carbocycles. The summed E-state index contributed by atoms with van der Waals surface area (Å²) in [6.07, 6.45) is 1.39. The zero-order valence-corrected chi connectivity index (χ0v) is 9.18. The van der Waals surface area contributed by atoms with E-state index in [1.54, 1.807) is 0 Å². The molecule has 1 N–H and O–H groups in total. The molecule has 1 aliphatic heterocycles. The highest BCUT2D eigenvalue weighted by Crippen LogP contribution is 2.34. The third-order valence-electron chi connectivity index (χ3n) is 2.96. The maximum atomic E-state index is 11.1. The van der Waals surface area contributed by atoms with Gasteiger partial charge < -0.3 is 5.11 Å². The lowest BCUT2D eigenvalue weighted by atomic mass is 9.84. The summed E-state index contributed by atoms with van der Waals surface area (Å²) in [5.41, 5.74) is -0.563. The highest BCUT2D eigenvalue weighted by Gasteiger charge is 2.42. The number of aliphatic carboxylic acids is 1. The van der Waals surface area contributed by atoms with E-state index in [1.165, 1.54) is 0 Å². The molecule has 1 aliphatic rings. The molecule has 0 amide bonds. The van der Waals surface area contributed by atoms with Crippen molar-refractivity contribution in [3.63, 3.8) is 0 Å². The van der Waals surface area contributed by atoms with Crippen LogP contribution in [0.25, 0.3) is 0 Å². The van der Waals surface area contributed by atoms with Gasteiger partial charge >= 0.3 is 5.97 Å². The molecular formula is C10H16ClNO2. The summed E-state index contributed by atoms with van der Waals surface area (Å²) in [5, 5.41) is 9.71. The molecule has 1 heterocycles. The second-order valence-electron chi connectivity index (χ2n) is 3.92. The molecule has 0 spiro atoms. The van der Waals surface area contributed by atoms with Crippen molar-refractivity contribution >= 4 is 17.6 Å². The van der Waals surface area contributed by atoms with Crippen molar-refractivity contribution in [2.45, 2.75) is 19.8 Å². The number of nitrogens with zero attached hydrogens (tertiary/aromatic N) is 1. The number of likely N-dealkylation sites (tertiary alicyclic amines) is 1. The number of rotatable bonds is 4. The summed E-state index contributed by atoms with van der Waals surface area (Å²) in [6, 6.07) is 0. The first kappa shape index (κ1) is 11.5. The fourth-order valence-electron chi connectivity index (χ4n) is 1.95. The van der Waals surface area contributed by atoms with E-state index in [1.807, 2.05) is 11.8 Å². The minimum atomic E-state index is -0.692.